The molecule has 25 heavy (non-hydrogen) atoms. The van der Waals surface area contributed by atoms with Crippen molar-refractivity contribution < 1.29 is 12.8 Å². The lowest BCUT2D eigenvalue weighted by molar-refractivity contribution is 0.602. The number of nitrogens with zero attached hydrogens (tertiary/aromatic N) is 3. The summed E-state index contributed by atoms with van der Waals surface area (Å²) in [4.78, 5) is 0.209. The monoisotopic (exact) mass is 355 g/mol. The molecule has 0 aliphatic rings. The predicted octanol–water partition coefficient (Wildman–Crippen LogP) is 3.26. The summed E-state index contributed by atoms with van der Waals surface area (Å²) in [6.07, 6.45) is 1.14. The van der Waals surface area contributed by atoms with E-state index in [0.29, 0.717) is 22.5 Å². The van der Waals surface area contributed by atoms with Gasteiger partial charge in [0.15, 0.2) is 15.5 Å². The average Bonchev–Trinajstić information content (AvgIpc) is 3.01. The Bertz CT molecular complexity index is 1090. The molecule has 0 spiro atoms. The zero-order chi connectivity index (χ0) is 18.2. The molecule has 0 fully saturated rings. The van der Waals surface area contributed by atoms with Crippen LogP contribution in [0.5, 0.6) is 0 Å². The van der Waals surface area contributed by atoms with Crippen molar-refractivity contribution >= 4 is 9.84 Å². The molecule has 1 aromatic heterocycles. The van der Waals surface area contributed by atoms with Crippen LogP contribution in [0.2, 0.25) is 0 Å². The van der Waals surface area contributed by atoms with Crippen molar-refractivity contribution in [1.82, 2.24) is 9.78 Å². The third kappa shape index (κ3) is 3.30. The van der Waals surface area contributed by atoms with Crippen molar-refractivity contribution in [2.24, 2.45) is 0 Å². The quantitative estimate of drug-likeness (QED) is 0.723. The number of nitriles is 1. The molecule has 0 N–H and O–H groups in total. The number of hydrogen-bond donors (Lipinski definition) is 0. The Kier molecular flexibility index (Phi) is 4.15. The number of sulfone groups is 1. The summed E-state index contributed by atoms with van der Waals surface area (Å²) in [5.41, 5.74) is 2.60. The van der Waals surface area contributed by atoms with E-state index in [0.717, 1.165) is 6.26 Å². The van der Waals surface area contributed by atoms with E-state index >= 15 is 0 Å². The van der Waals surface area contributed by atoms with Crippen molar-refractivity contribution in [3.63, 3.8) is 0 Å². The van der Waals surface area contributed by atoms with Crippen molar-refractivity contribution in [3.05, 3.63) is 65.6 Å². The van der Waals surface area contributed by atoms with Crippen LogP contribution in [0.25, 0.3) is 16.9 Å². The molecule has 0 unspecified atom stereocenters. The Balaban J connectivity index is 2.15. The van der Waals surface area contributed by atoms with Gasteiger partial charge in [-0.25, -0.2) is 17.5 Å². The SMILES string of the molecule is Cc1cc(-n2nc(C#N)cc2-c2ccc(S(C)(=O)=O)cc2)ccc1F. The first-order valence-electron chi connectivity index (χ1n) is 7.37. The topological polar surface area (TPSA) is 75.8 Å². The number of aromatic nitrogens is 2. The third-order valence-electron chi connectivity index (χ3n) is 3.79. The van der Waals surface area contributed by atoms with E-state index in [9.17, 15) is 12.8 Å². The Morgan fingerprint density at radius 3 is 2.36 bits per heavy atom. The van der Waals surface area contributed by atoms with Gasteiger partial charge in [-0.2, -0.15) is 10.4 Å². The van der Waals surface area contributed by atoms with E-state index in [1.165, 1.54) is 18.2 Å². The van der Waals surface area contributed by atoms with E-state index in [1.807, 2.05) is 6.07 Å². The van der Waals surface area contributed by atoms with Crippen LogP contribution in [0.15, 0.2) is 53.4 Å². The molecule has 7 heteroatoms. The first-order valence-corrected chi connectivity index (χ1v) is 9.26. The van der Waals surface area contributed by atoms with Crippen molar-refractivity contribution in [1.29, 1.82) is 5.26 Å². The maximum Gasteiger partial charge on any atom is 0.175 e. The van der Waals surface area contributed by atoms with E-state index in [-0.39, 0.29) is 16.4 Å². The van der Waals surface area contributed by atoms with E-state index in [1.54, 1.807) is 41.9 Å². The molecule has 5 nitrogen and oxygen atoms in total. The molecule has 0 amide bonds. The molecule has 0 radical (unpaired) electrons. The summed E-state index contributed by atoms with van der Waals surface area (Å²) >= 11 is 0. The Morgan fingerprint density at radius 2 is 1.80 bits per heavy atom. The van der Waals surface area contributed by atoms with Crippen LogP contribution in [-0.2, 0) is 9.84 Å². The van der Waals surface area contributed by atoms with Gasteiger partial charge in [-0.05, 0) is 42.8 Å². The van der Waals surface area contributed by atoms with Gasteiger partial charge in [-0.1, -0.05) is 12.1 Å². The van der Waals surface area contributed by atoms with Gasteiger partial charge < -0.3 is 0 Å². The highest BCUT2D eigenvalue weighted by Gasteiger charge is 2.14. The summed E-state index contributed by atoms with van der Waals surface area (Å²) in [7, 11) is -3.29. The number of rotatable bonds is 3. The molecular formula is C18H14FN3O2S. The fourth-order valence-electron chi connectivity index (χ4n) is 2.47. The molecule has 3 aromatic rings. The lowest BCUT2D eigenvalue weighted by Crippen LogP contribution is -2.01. The molecular weight excluding hydrogens is 341 g/mol. The second-order valence-corrected chi connectivity index (χ2v) is 7.68. The maximum absolute atomic E-state index is 13.5. The summed E-state index contributed by atoms with van der Waals surface area (Å²) < 4.78 is 38.3. The zero-order valence-electron chi connectivity index (χ0n) is 13.6. The molecule has 0 aliphatic carbocycles. The lowest BCUT2D eigenvalue weighted by atomic mass is 10.1. The summed E-state index contributed by atoms with van der Waals surface area (Å²) in [6, 6.07) is 14.5. The Hall–Kier alpha value is -2.98. The minimum Gasteiger partial charge on any atom is -0.232 e. The first kappa shape index (κ1) is 16.9. The van der Waals surface area contributed by atoms with Gasteiger partial charge in [0.25, 0.3) is 0 Å². The molecule has 0 bridgehead atoms. The van der Waals surface area contributed by atoms with Gasteiger partial charge in [0.1, 0.15) is 11.9 Å². The molecule has 2 aromatic carbocycles. The van der Waals surface area contributed by atoms with Crippen molar-refractivity contribution in [2.75, 3.05) is 6.26 Å². The number of aryl methyl sites for hydroxylation is 1. The average molecular weight is 355 g/mol. The standard InChI is InChI=1S/C18H14FN3O2S/c1-12-9-15(5-8-17(12)19)22-18(10-14(11-20)21-22)13-3-6-16(7-4-13)25(2,23)24/h3-10H,1-2H3. The normalized spacial score (nSPS) is 11.3. The number of halogens is 1. The van der Waals surface area contributed by atoms with Gasteiger partial charge in [-0.3, -0.25) is 0 Å². The Morgan fingerprint density at radius 1 is 1.12 bits per heavy atom. The highest BCUT2D eigenvalue weighted by atomic mass is 32.2. The highest BCUT2D eigenvalue weighted by Crippen LogP contribution is 2.26. The maximum atomic E-state index is 13.5. The van der Waals surface area contributed by atoms with Crippen molar-refractivity contribution in [3.8, 4) is 23.0 Å². The third-order valence-corrected chi connectivity index (χ3v) is 4.92. The van der Waals surface area contributed by atoms with Gasteiger partial charge in [0, 0.05) is 17.9 Å². The lowest BCUT2D eigenvalue weighted by Gasteiger charge is -2.09. The van der Waals surface area contributed by atoms with Crippen LogP contribution in [0.4, 0.5) is 4.39 Å². The molecule has 3 rings (SSSR count). The Labute approximate surface area is 144 Å². The van der Waals surface area contributed by atoms with E-state index in [2.05, 4.69) is 5.10 Å². The first-order chi connectivity index (χ1) is 11.8. The largest absolute Gasteiger partial charge is 0.232 e. The summed E-state index contributed by atoms with van der Waals surface area (Å²) in [6.45, 7) is 1.65. The molecule has 0 aliphatic heterocycles. The zero-order valence-corrected chi connectivity index (χ0v) is 14.4. The fraction of sp³-hybridized carbons (Fsp3) is 0.111. The van der Waals surface area contributed by atoms with Gasteiger partial charge in [0.2, 0.25) is 0 Å². The highest BCUT2D eigenvalue weighted by molar-refractivity contribution is 7.90. The predicted molar refractivity (Wildman–Crippen MR) is 91.5 cm³/mol. The molecule has 126 valence electrons. The fourth-order valence-corrected chi connectivity index (χ4v) is 3.10. The van der Waals surface area contributed by atoms with Crippen LogP contribution < -0.4 is 0 Å². The summed E-state index contributed by atoms with van der Waals surface area (Å²) in [5.74, 6) is -0.324. The van der Waals surface area contributed by atoms with Crippen LogP contribution in [-0.4, -0.2) is 24.5 Å². The molecule has 0 saturated heterocycles. The summed E-state index contributed by atoms with van der Waals surface area (Å²) in [5, 5.41) is 13.4. The van der Waals surface area contributed by atoms with Gasteiger partial charge >= 0.3 is 0 Å². The van der Waals surface area contributed by atoms with E-state index < -0.39 is 9.84 Å². The van der Waals surface area contributed by atoms with Crippen LogP contribution in [0.3, 0.4) is 0 Å². The second kappa shape index (κ2) is 6.15. The second-order valence-electron chi connectivity index (χ2n) is 5.67. The van der Waals surface area contributed by atoms with E-state index in [4.69, 9.17) is 5.26 Å². The van der Waals surface area contributed by atoms with Crippen molar-refractivity contribution in [2.45, 2.75) is 11.8 Å². The molecule has 0 atom stereocenters. The molecule has 0 saturated carbocycles. The minimum atomic E-state index is -3.29. The van der Waals surface area contributed by atoms with Crippen LogP contribution in [0, 0.1) is 24.1 Å². The van der Waals surface area contributed by atoms with Crippen LogP contribution in [0.1, 0.15) is 11.3 Å². The smallest absolute Gasteiger partial charge is 0.175 e. The van der Waals surface area contributed by atoms with Gasteiger partial charge in [-0.15, -0.1) is 0 Å². The number of benzene rings is 2. The van der Waals surface area contributed by atoms with Crippen LogP contribution >= 0.6 is 0 Å². The minimum absolute atomic E-state index is 0.209. The van der Waals surface area contributed by atoms with Gasteiger partial charge in [0.05, 0.1) is 16.3 Å². The molecule has 1 heterocycles. The number of hydrogen-bond acceptors (Lipinski definition) is 4.